The largest absolute Gasteiger partial charge is 0.481 e. The molecule has 0 spiro atoms. The highest BCUT2D eigenvalue weighted by molar-refractivity contribution is 5.73. The van der Waals surface area contributed by atoms with Gasteiger partial charge in [0.05, 0.1) is 18.6 Å². The first-order valence-electron chi connectivity index (χ1n) is 5.13. The van der Waals surface area contributed by atoms with Crippen LogP contribution in [0, 0.1) is 5.41 Å². The number of carbonyl (C=O) groups is 1. The number of carboxylic acid groups (broad SMARTS) is 1. The van der Waals surface area contributed by atoms with Gasteiger partial charge in [-0.1, -0.05) is 6.08 Å². The van der Waals surface area contributed by atoms with Gasteiger partial charge in [0.15, 0.2) is 0 Å². The lowest BCUT2D eigenvalue weighted by Gasteiger charge is -2.19. The van der Waals surface area contributed by atoms with E-state index < -0.39 is 11.4 Å². The Labute approximate surface area is 91.3 Å². The molecule has 0 saturated carbocycles. The molecule has 0 unspecified atom stereocenters. The van der Waals surface area contributed by atoms with Crippen LogP contribution in [0.1, 0.15) is 20.3 Å². The fraction of sp³-hybridized carbons (Fsp3) is 0.727. The standard InChI is InChI=1S/C11H21NO3/c1-4-5-7-15-8-6-12-9-11(2,3)10(13)14/h4,12H,1,5-9H2,2-3H3,(H,13,14). The molecule has 0 aromatic rings. The van der Waals surface area contributed by atoms with E-state index in [4.69, 9.17) is 9.84 Å². The van der Waals surface area contributed by atoms with Crippen LogP contribution in [0.15, 0.2) is 12.7 Å². The number of hydrogen-bond acceptors (Lipinski definition) is 3. The molecule has 4 nitrogen and oxygen atoms in total. The second-order valence-electron chi connectivity index (χ2n) is 4.06. The molecule has 0 aromatic heterocycles. The SMILES string of the molecule is C=CCCOCCNCC(C)(C)C(=O)O. The van der Waals surface area contributed by atoms with Gasteiger partial charge in [0.1, 0.15) is 0 Å². The van der Waals surface area contributed by atoms with Crippen LogP contribution >= 0.6 is 0 Å². The Bertz CT molecular complexity index is 202. The zero-order valence-electron chi connectivity index (χ0n) is 9.58. The molecule has 0 rings (SSSR count). The van der Waals surface area contributed by atoms with E-state index in [1.54, 1.807) is 19.9 Å². The maximum Gasteiger partial charge on any atom is 0.310 e. The quantitative estimate of drug-likeness (QED) is 0.449. The normalized spacial score (nSPS) is 11.3. The summed E-state index contributed by atoms with van der Waals surface area (Å²) in [4.78, 5) is 10.7. The summed E-state index contributed by atoms with van der Waals surface area (Å²) in [5.41, 5.74) is -0.721. The Balaban J connectivity index is 3.38. The minimum atomic E-state index is -0.789. The minimum absolute atomic E-state index is 0.452. The summed E-state index contributed by atoms with van der Waals surface area (Å²) in [5.74, 6) is -0.789. The van der Waals surface area contributed by atoms with Crippen molar-refractivity contribution in [2.75, 3.05) is 26.3 Å². The fourth-order valence-electron chi connectivity index (χ4n) is 0.890. The van der Waals surface area contributed by atoms with Crippen molar-refractivity contribution < 1.29 is 14.6 Å². The summed E-state index contributed by atoms with van der Waals surface area (Å²) < 4.78 is 5.27. The Hall–Kier alpha value is -0.870. The summed E-state index contributed by atoms with van der Waals surface area (Å²) in [6.07, 6.45) is 2.65. The second-order valence-corrected chi connectivity index (χ2v) is 4.06. The van der Waals surface area contributed by atoms with Crippen molar-refractivity contribution in [2.45, 2.75) is 20.3 Å². The highest BCUT2D eigenvalue weighted by atomic mass is 16.5. The minimum Gasteiger partial charge on any atom is -0.481 e. The van der Waals surface area contributed by atoms with E-state index in [-0.39, 0.29) is 0 Å². The van der Waals surface area contributed by atoms with Crippen LogP contribution in [0.4, 0.5) is 0 Å². The number of rotatable bonds is 9. The van der Waals surface area contributed by atoms with E-state index in [2.05, 4.69) is 11.9 Å². The van der Waals surface area contributed by atoms with Crippen LogP contribution in [-0.2, 0) is 9.53 Å². The topological polar surface area (TPSA) is 58.6 Å². The third-order valence-corrected chi connectivity index (χ3v) is 2.04. The van der Waals surface area contributed by atoms with Crippen molar-refractivity contribution in [3.63, 3.8) is 0 Å². The fourth-order valence-corrected chi connectivity index (χ4v) is 0.890. The summed E-state index contributed by atoms with van der Waals surface area (Å²) in [6, 6.07) is 0. The summed E-state index contributed by atoms with van der Waals surface area (Å²) in [7, 11) is 0. The summed E-state index contributed by atoms with van der Waals surface area (Å²) >= 11 is 0. The van der Waals surface area contributed by atoms with E-state index in [0.29, 0.717) is 26.3 Å². The molecule has 0 aliphatic rings. The lowest BCUT2D eigenvalue weighted by atomic mass is 9.94. The van der Waals surface area contributed by atoms with Crippen molar-refractivity contribution in [3.8, 4) is 0 Å². The Morgan fingerprint density at radius 1 is 1.53 bits per heavy atom. The molecule has 0 aromatic carbocycles. The monoisotopic (exact) mass is 215 g/mol. The lowest BCUT2D eigenvalue weighted by Crippen LogP contribution is -2.37. The summed E-state index contributed by atoms with van der Waals surface area (Å²) in [6.45, 7) is 9.38. The van der Waals surface area contributed by atoms with Crippen molar-refractivity contribution in [1.82, 2.24) is 5.32 Å². The van der Waals surface area contributed by atoms with Crippen LogP contribution in [0.2, 0.25) is 0 Å². The van der Waals surface area contributed by atoms with Crippen LogP contribution in [0.5, 0.6) is 0 Å². The van der Waals surface area contributed by atoms with Gasteiger partial charge in [0.2, 0.25) is 0 Å². The first-order valence-corrected chi connectivity index (χ1v) is 5.13. The highest BCUT2D eigenvalue weighted by Gasteiger charge is 2.26. The number of aliphatic carboxylic acids is 1. The van der Waals surface area contributed by atoms with Gasteiger partial charge in [0, 0.05) is 13.1 Å². The first kappa shape index (κ1) is 14.1. The molecule has 0 fully saturated rings. The Morgan fingerprint density at radius 3 is 2.73 bits per heavy atom. The number of carboxylic acids is 1. The van der Waals surface area contributed by atoms with E-state index >= 15 is 0 Å². The molecule has 0 amide bonds. The second kappa shape index (κ2) is 7.43. The predicted octanol–water partition coefficient (Wildman–Crippen LogP) is 1.28. The van der Waals surface area contributed by atoms with E-state index in [0.717, 1.165) is 6.42 Å². The molecule has 2 N–H and O–H groups in total. The Kier molecular flexibility index (Phi) is 6.99. The molecule has 15 heavy (non-hydrogen) atoms. The third-order valence-electron chi connectivity index (χ3n) is 2.04. The first-order chi connectivity index (χ1) is 7.00. The predicted molar refractivity (Wildman–Crippen MR) is 59.9 cm³/mol. The van der Waals surface area contributed by atoms with Crippen LogP contribution in [0.25, 0.3) is 0 Å². The molecule has 0 radical (unpaired) electrons. The van der Waals surface area contributed by atoms with Gasteiger partial charge in [0.25, 0.3) is 0 Å². The van der Waals surface area contributed by atoms with Gasteiger partial charge in [-0.05, 0) is 20.3 Å². The average molecular weight is 215 g/mol. The lowest BCUT2D eigenvalue weighted by molar-refractivity contribution is -0.146. The average Bonchev–Trinajstić information content (AvgIpc) is 2.16. The molecule has 0 aliphatic heterocycles. The van der Waals surface area contributed by atoms with Gasteiger partial charge in [-0.2, -0.15) is 0 Å². The molecule has 0 atom stereocenters. The molecule has 0 heterocycles. The van der Waals surface area contributed by atoms with Crippen molar-refractivity contribution in [3.05, 3.63) is 12.7 Å². The van der Waals surface area contributed by atoms with E-state index in [1.807, 2.05) is 0 Å². The molecule has 0 bridgehead atoms. The van der Waals surface area contributed by atoms with Gasteiger partial charge >= 0.3 is 5.97 Å². The van der Waals surface area contributed by atoms with Crippen LogP contribution < -0.4 is 5.32 Å². The maximum absolute atomic E-state index is 10.7. The Morgan fingerprint density at radius 2 is 2.20 bits per heavy atom. The zero-order chi connectivity index (χ0) is 11.7. The molecule has 0 aliphatic carbocycles. The van der Waals surface area contributed by atoms with E-state index in [9.17, 15) is 4.79 Å². The van der Waals surface area contributed by atoms with Crippen molar-refractivity contribution >= 4 is 5.97 Å². The van der Waals surface area contributed by atoms with Crippen LogP contribution in [0.3, 0.4) is 0 Å². The molecule has 88 valence electrons. The molecule has 4 heteroatoms. The van der Waals surface area contributed by atoms with Crippen molar-refractivity contribution in [2.24, 2.45) is 5.41 Å². The number of nitrogens with one attached hydrogen (secondary N) is 1. The van der Waals surface area contributed by atoms with E-state index in [1.165, 1.54) is 0 Å². The molecule has 0 saturated heterocycles. The maximum atomic E-state index is 10.7. The number of ether oxygens (including phenoxy) is 1. The van der Waals surface area contributed by atoms with Gasteiger partial charge < -0.3 is 15.2 Å². The highest BCUT2D eigenvalue weighted by Crippen LogP contribution is 2.12. The molecular weight excluding hydrogens is 194 g/mol. The summed E-state index contributed by atoms with van der Waals surface area (Å²) in [5, 5.41) is 11.9. The zero-order valence-corrected chi connectivity index (χ0v) is 9.58. The van der Waals surface area contributed by atoms with Crippen LogP contribution in [-0.4, -0.2) is 37.4 Å². The van der Waals surface area contributed by atoms with Crippen molar-refractivity contribution in [1.29, 1.82) is 0 Å². The third kappa shape index (κ3) is 7.11. The van der Waals surface area contributed by atoms with Gasteiger partial charge in [-0.3, -0.25) is 4.79 Å². The van der Waals surface area contributed by atoms with Gasteiger partial charge in [-0.25, -0.2) is 0 Å². The van der Waals surface area contributed by atoms with Gasteiger partial charge in [-0.15, -0.1) is 6.58 Å². The smallest absolute Gasteiger partial charge is 0.310 e. The molecular formula is C11H21NO3. The number of hydrogen-bond donors (Lipinski definition) is 2.